The second-order valence-corrected chi connectivity index (χ2v) is 9.09. The Bertz CT molecular complexity index is 1250. The van der Waals surface area contributed by atoms with Crippen LogP contribution in [0.5, 0.6) is 11.5 Å². The third-order valence-electron chi connectivity index (χ3n) is 6.65. The highest BCUT2D eigenvalue weighted by atomic mass is 16.7. The molecule has 1 aliphatic carbocycles. The van der Waals surface area contributed by atoms with E-state index in [-0.39, 0.29) is 41.5 Å². The lowest BCUT2D eigenvalue weighted by Gasteiger charge is -2.34. The number of nitrogens with zero attached hydrogens (tertiary/aromatic N) is 1. The molecular formula is C28H28N2O6. The molecule has 36 heavy (non-hydrogen) atoms. The van der Waals surface area contributed by atoms with E-state index in [1.54, 1.807) is 30.3 Å². The highest BCUT2D eigenvalue weighted by molar-refractivity contribution is 6.13. The van der Waals surface area contributed by atoms with Crippen LogP contribution in [0.15, 0.2) is 65.3 Å². The fourth-order valence-corrected chi connectivity index (χ4v) is 4.88. The summed E-state index contributed by atoms with van der Waals surface area (Å²) in [6.45, 7) is 1.42. The summed E-state index contributed by atoms with van der Waals surface area (Å²) in [5.74, 6) is -0.285. The van der Waals surface area contributed by atoms with Gasteiger partial charge in [0.15, 0.2) is 23.0 Å². The molecule has 0 bridgehead atoms. The van der Waals surface area contributed by atoms with Gasteiger partial charge in [-0.3, -0.25) is 19.3 Å². The van der Waals surface area contributed by atoms with E-state index in [1.165, 1.54) is 24.2 Å². The number of benzene rings is 2. The highest BCUT2D eigenvalue weighted by Gasteiger charge is 2.38. The Balaban J connectivity index is 1.66. The molecule has 0 spiro atoms. The van der Waals surface area contributed by atoms with Crippen LogP contribution in [0.2, 0.25) is 0 Å². The van der Waals surface area contributed by atoms with Crippen LogP contribution in [0.4, 0.5) is 5.69 Å². The number of carbonyl (C=O) groups excluding carboxylic acids is 3. The van der Waals surface area contributed by atoms with E-state index in [2.05, 4.69) is 5.32 Å². The van der Waals surface area contributed by atoms with Crippen LogP contribution in [0.25, 0.3) is 0 Å². The maximum absolute atomic E-state index is 14.0. The standard InChI is InChI=1S/C28H28N2O6/c1-18(31)21-15-24-25(36-17-35-24)16-22(21)30(28(33)23-13-8-14-34-23)26(19-9-4-2-5-10-19)27(32)29-20-11-6-3-7-12-20/h2,4-5,8-10,13-16,20,26H,3,6-7,11-12,17H2,1H3,(H,29,32)/t26-/m0/s1. The van der Waals surface area contributed by atoms with Crippen molar-refractivity contribution in [2.24, 2.45) is 0 Å². The number of ketones is 1. The zero-order valence-corrected chi connectivity index (χ0v) is 20.1. The summed E-state index contributed by atoms with van der Waals surface area (Å²) in [6, 6.07) is 14.4. The molecule has 1 atom stereocenters. The van der Waals surface area contributed by atoms with E-state index in [0.29, 0.717) is 17.1 Å². The van der Waals surface area contributed by atoms with Gasteiger partial charge in [0, 0.05) is 17.7 Å². The van der Waals surface area contributed by atoms with Gasteiger partial charge in [-0.25, -0.2) is 0 Å². The van der Waals surface area contributed by atoms with Crippen molar-refractivity contribution in [1.82, 2.24) is 5.32 Å². The summed E-state index contributed by atoms with van der Waals surface area (Å²) >= 11 is 0. The molecule has 1 N–H and O–H groups in total. The van der Waals surface area contributed by atoms with E-state index in [1.807, 2.05) is 18.2 Å². The Hall–Kier alpha value is -4.07. The molecule has 0 unspecified atom stereocenters. The quantitative estimate of drug-likeness (QED) is 0.468. The number of anilines is 1. The first-order valence-corrected chi connectivity index (χ1v) is 12.2. The van der Waals surface area contributed by atoms with Crippen molar-refractivity contribution >= 4 is 23.3 Å². The Morgan fingerprint density at radius 2 is 1.67 bits per heavy atom. The minimum absolute atomic E-state index is 0.00649. The van der Waals surface area contributed by atoms with Crippen molar-refractivity contribution in [3.8, 4) is 11.5 Å². The van der Waals surface area contributed by atoms with Gasteiger partial charge in [0.2, 0.25) is 12.7 Å². The third-order valence-corrected chi connectivity index (χ3v) is 6.65. The van der Waals surface area contributed by atoms with Crippen LogP contribution in [-0.4, -0.2) is 30.4 Å². The van der Waals surface area contributed by atoms with Crippen molar-refractivity contribution in [3.05, 3.63) is 77.7 Å². The number of hydrogen-bond acceptors (Lipinski definition) is 6. The van der Waals surface area contributed by atoms with Crippen LogP contribution >= 0.6 is 0 Å². The van der Waals surface area contributed by atoms with Gasteiger partial charge in [-0.2, -0.15) is 0 Å². The Labute approximate surface area is 209 Å². The molecular weight excluding hydrogens is 460 g/mol. The molecule has 3 aromatic rings. The largest absolute Gasteiger partial charge is 0.459 e. The molecule has 1 saturated carbocycles. The van der Waals surface area contributed by atoms with Gasteiger partial charge in [-0.1, -0.05) is 49.6 Å². The van der Waals surface area contributed by atoms with E-state index >= 15 is 0 Å². The third kappa shape index (κ3) is 4.71. The number of carbonyl (C=O) groups is 3. The number of furan rings is 1. The average molecular weight is 489 g/mol. The monoisotopic (exact) mass is 488 g/mol. The highest BCUT2D eigenvalue weighted by Crippen LogP contribution is 2.42. The van der Waals surface area contributed by atoms with Crippen LogP contribution < -0.4 is 19.7 Å². The summed E-state index contributed by atoms with van der Waals surface area (Å²) in [5.41, 5.74) is 1.10. The summed E-state index contributed by atoms with van der Waals surface area (Å²) in [5, 5.41) is 3.16. The smallest absolute Gasteiger partial charge is 0.294 e. The van der Waals surface area contributed by atoms with Crippen LogP contribution in [-0.2, 0) is 4.79 Å². The number of hydrogen-bond donors (Lipinski definition) is 1. The summed E-state index contributed by atoms with van der Waals surface area (Å²) in [6.07, 6.45) is 6.43. The van der Waals surface area contributed by atoms with E-state index in [9.17, 15) is 14.4 Å². The van der Waals surface area contributed by atoms with Gasteiger partial charge in [0.1, 0.15) is 6.04 Å². The van der Waals surface area contributed by atoms with E-state index in [0.717, 1.165) is 32.1 Å². The van der Waals surface area contributed by atoms with Crippen molar-refractivity contribution in [2.75, 3.05) is 11.7 Å². The first kappa shape index (κ1) is 23.7. The molecule has 2 amide bonds. The minimum Gasteiger partial charge on any atom is -0.459 e. The predicted molar refractivity (Wildman–Crippen MR) is 132 cm³/mol. The van der Waals surface area contributed by atoms with Gasteiger partial charge < -0.3 is 19.2 Å². The SMILES string of the molecule is CC(=O)c1cc2c(cc1N(C(=O)c1ccco1)[C@H](C(=O)NC1CCCCC1)c1ccccc1)OCO2. The Morgan fingerprint density at radius 1 is 0.944 bits per heavy atom. The maximum atomic E-state index is 14.0. The lowest BCUT2D eigenvalue weighted by Crippen LogP contribution is -2.47. The van der Waals surface area contributed by atoms with E-state index in [4.69, 9.17) is 13.9 Å². The first-order valence-electron chi connectivity index (χ1n) is 12.2. The number of ether oxygens (including phenoxy) is 2. The summed E-state index contributed by atoms with van der Waals surface area (Å²) in [4.78, 5) is 42.0. The summed E-state index contributed by atoms with van der Waals surface area (Å²) in [7, 11) is 0. The van der Waals surface area contributed by atoms with Crippen molar-refractivity contribution in [3.63, 3.8) is 0 Å². The van der Waals surface area contributed by atoms with E-state index < -0.39 is 11.9 Å². The molecule has 1 aromatic heterocycles. The lowest BCUT2D eigenvalue weighted by molar-refractivity contribution is -0.123. The second kappa shape index (κ2) is 10.3. The van der Waals surface area contributed by atoms with Gasteiger partial charge >= 0.3 is 0 Å². The number of rotatable bonds is 7. The molecule has 2 heterocycles. The maximum Gasteiger partial charge on any atom is 0.294 e. The first-order chi connectivity index (χ1) is 17.5. The summed E-state index contributed by atoms with van der Waals surface area (Å²) < 4.78 is 16.5. The van der Waals surface area contributed by atoms with Crippen molar-refractivity contribution in [1.29, 1.82) is 0 Å². The van der Waals surface area contributed by atoms with Crippen LogP contribution in [0.1, 0.15) is 71.5 Å². The minimum atomic E-state index is -1.05. The topological polar surface area (TPSA) is 98.1 Å². The molecule has 1 fully saturated rings. The normalized spacial score (nSPS) is 15.8. The van der Waals surface area contributed by atoms with Gasteiger partial charge in [-0.05, 0) is 43.5 Å². The van der Waals surface area contributed by atoms with Crippen molar-refractivity contribution < 1.29 is 28.3 Å². The number of nitrogens with one attached hydrogen (secondary N) is 1. The Kier molecular flexibility index (Phi) is 6.75. The Morgan fingerprint density at radius 3 is 2.33 bits per heavy atom. The molecule has 0 saturated heterocycles. The van der Waals surface area contributed by atoms with Crippen molar-refractivity contribution in [2.45, 2.75) is 51.1 Å². The number of amides is 2. The number of fused-ring (bicyclic) bond motifs is 1. The van der Waals surface area contributed by atoms with Crippen LogP contribution in [0.3, 0.4) is 0 Å². The number of Topliss-reactive ketones (excluding diaryl/α,β-unsaturated/α-hetero) is 1. The zero-order valence-electron chi connectivity index (χ0n) is 20.1. The molecule has 2 aliphatic rings. The molecule has 5 rings (SSSR count). The fourth-order valence-electron chi connectivity index (χ4n) is 4.88. The molecule has 8 heteroatoms. The molecule has 186 valence electrons. The van der Waals surface area contributed by atoms with Gasteiger partial charge in [-0.15, -0.1) is 0 Å². The molecule has 0 radical (unpaired) electrons. The lowest BCUT2D eigenvalue weighted by atomic mass is 9.94. The van der Waals surface area contributed by atoms with Crippen LogP contribution in [0, 0.1) is 0 Å². The molecule has 2 aromatic carbocycles. The predicted octanol–water partition coefficient (Wildman–Crippen LogP) is 5.05. The van der Waals surface area contributed by atoms with Gasteiger partial charge in [0.25, 0.3) is 5.91 Å². The molecule has 8 nitrogen and oxygen atoms in total. The zero-order chi connectivity index (χ0) is 25.1. The fraction of sp³-hybridized carbons (Fsp3) is 0.321. The average Bonchev–Trinajstić information content (AvgIpc) is 3.59. The van der Waals surface area contributed by atoms with Gasteiger partial charge in [0.05, 0.1) is 12.0 Å². The second-order valence-electron chi connectivity index (χ2n) is 9.09. The molecule has 1 aliphatic heterocycles.